The van der Waals surface area contributed by atoms with Crippen molar-refractivity contribution >= 4 is 23.2 Å². The van der Waals surface area contributed by atoms with Crippen molar-refractivity contribution in [1.29, 1.82) is 0 Å². The van der Waals surface area contributed by atoms with E-state index in [1.54, 1.807) is 24.3 Å². The minimum atomic E-state index is -4.55. The van der Waals surface area contributed by atoms with Crippen LogP contribution in [0, 0.1) is 0 Å². The summed E-state index contributed by atoms with van der Waals surface area (Å²) in [6.07, 6.45) is -5.25. The van der Waals surface area contributed by atoms with Crippen LogP contribution in [0.2, 0.25) is 5.02 Å². The number of hydrazone groups is 1. The summed E-state index contributed by atoms with van der Waals surface area (Å²) in [7, 11) is 0. The number of nitrogens with zero attached hydrogens (tertiary/aromatic N) is 2. The Bertz CT molecular complexity index is 496. The minimum Gasteiger partial charge on any atom is -0.273 e. The predicted octanol–water partition coefficient (Wildman–Crippen LogP) is 2.99. The maximum atomic E-state index is 12.4. The molecule has 0 atom stereocenters. The van der Waals surface area contributed by atoms with Crippen molar-refractivity contribution in [2.24, 2.45) is 5.10 Å². The summed E-state index contributed by atoms with van der Waals surface area (Å²) < 4.78 is 37.1. The molecule has 0 aromatic heterocycles. The lowest BCUT2D eigenvalue weighted by molar-refractivity contribution is -0.129. The second-order valence-corrected chi connectivity index (χ2v) is 4.24. The van der Waals surface area contributed by atoms with Crippen LogP contribution in [-0.4, -0.2) is 22.8 Å². The van der Waals surface area contributed by atoms with Crippen LogP contribution in [0.1, 0.15) is 12.0 Å². The molecule has 18 heavy (non-hydrogen) atoms. The number of benzene rings is 1. The fourth-order valence-electron chi connectivity index (χ4n) is 1.51. The molecule has 0 saturated heterocycles. The van der Waals surface area contributed by atoms with Crippen LogP contribution in [0.4, 0.5) is 13.2 Å². The Morgan fingerprint density at radius 2 is 1.89 bits per heavy atom. The molecule has 0 fully saturated rings. The van der Waals surface area contributed by atoms with Crippen molar-refractivity contribution in [3.8, 4) is 0 Å². The van der Waals surface area contributed by atoms with Crippen LogP contribution in [0.25, 0.3) is 0 Å². The zero-order valence-corrected chi connectivity index (χ0v) is 9.79. The lowest BCUT2D eigenvalue weighted by atomic mass is 10.2. The molecule has 3 nitrogen and oxygen atoms in total. The van der Waals surface area contributed by atoms with Gasteiger partial charge in [-0.3, -0.25) is 4.79 Å². The Labute approximate surface area is 106 Å². The van der Waals surface area contributed by atoms with E-state index in [-0.39, 0.29) is 6.54 Å². The monoisotopic (exact) mass is 276 g/mol. The van der Waals surface area contributed by atoms with Crippen molar-refractivity contribution < 1.29 is 18.0 Å². The van der Waals surface area contributed by atoms with Gasteiger partial charge in [0.1, 0.15) is 0 Å². The smallest absolute Gasteiger partial charge is 0.273 e. The Morgan fingerprint density at radius 1 is 1.28 bits per heavy atom. The van der Waals surface area contributed by atoms with Crippen LogP contribution in [0.5, 0.6) is 0 Å². The Balaban J connectivity index is 2.12. The number of hydrogen-bond donors (Lipinski definition) is 0. The molecule has 7 heteroatoms. The highest BCUT2D eigenvalue weighted by molar-refractivity contribution is 6.30. The summed E-state index contributed by atoms with van der Waals surface area (Å²) in [6, 6.07) is 6.48. The van der Waals surface area contributed by atoms with Crippen molar-refractivity contribution in [2.75, 3.05) is 0 Å². The number of hydrogen-bond acceptors (Lipinski definition) is 2. The van der Waals surface area contributed by atoms with Crippen LogP contribution in [-0.2, 0) is 11.3 Å². The van der Waals surface area contributed by atoms with Gasteiger partial charge in [0.2, 0.25) is 5.91 Å². The lowest BCUT2D eigenvalue weighted by Crippen LogP contribution is -2.22. The van der Waals surface area contributed by atoms with E-state index in [1.165, 1.54) is 0 Å². The number of carbonyl (C=O) groups is 1. The number of halogens is 4. The third kappa shape index (κ3) is 2.81. The van der Waals surface area contributed by atoms with E-state index in [2.05, 4.69) is 5.10 Å². The van der Waals surface area contributed by atoms with Crippen molar-refractivity contribution in [3.05, 3.63) is 34.9 Å². The molecule has 0 N–H and O–H groups in total. The van der Waals surface area contributed by atoms with Gasteiger partial charge in [-0.05, 0) is 17.7 Å². The normalized spacial score (nSPS) is 16.1. The Hall–Kier alpha value is -1.56. The molecule has 1 aliphatic rings. The fraction of sp³-hybridized carbons (Fsp3) is 0.273. The maximum Gasteiger partial charge on any atom is 0.431 e. The van der Waals surface area contributed by atoms with E-state index >= 15 is 0 Å². The molecule has 0 bridgehead atoms. The van der Waals surface area contributed by atoms with Gasteiger partial charge in [0.25, 0.3) is 0 Å². The van der Waals surface area contributed by atoms with Gasteiger partial charge in [-0.15, -0.1) is 0 Å². The van der Waals surface area contributed by atoms with Crippen LogP contribution < -0.4 is 0 Å². The van der Waals surface area contributed by atoms with Gasteiger partial charge < -0.3 is 0 Å². The Kier molecular flexibility index (Phi) is 3.30. The third-order valence-electron chi connectivity index (χ3n) is 2.42. The highest BCUT2D eigenvalue weighted by Crippen LogP contribution is 2.25. The molecule has 0 saturated carbocycles. The van der Waals surface area contributed by atoms with E-state index in [0.29, 0.717) is 10.6 Å². The lowest BCUT2D eigenvalue weighted by Gasteiger charge is -2.11. The second kappa shape index (κ2) is 4.61. The molecule has 0 aliphatic carbocycles. The molecule has 1 aliphatic heterocycles. The number of alkyl halides is 3. The molecule has 1 aromatic carbocycles. The molecular weight excluding hydrogens is 269 g/mol. The first-order valence-electron chi connectivity index (χ1n) is 5.06. The molecule has 1 aromatic rings. The van der Waals surface area contributed by atoms with Gasteiger partial charge in [0, 0.05) is 5.02 Å². The van der Waals surface area contributed by atoms with Gasteiger partial charge in [0.15, 0.2) is 5.71 Å². The van der Waals surface area contributed by atoms with Gasteiger partial charge in [-0.1, -0.05) is 23.7 Å². The van der Waals surface area contributed by atoms with Gasteiger partial charge in [-0.2, -0.15) is 18.3 Å². The van der Waals surface area contributed by atoms with Crippen LogP contribution in [0.3, 0.4) is 0 Å². The van der Waals surface area contributed by atoms with Gasteiger partial charge >= 0.3 is 6.18 Å². The van der Waals surface area contributed by atoms with Gasteiger partial charge in [-0.25, -0.2) is 5.01 Å². The summed E-state index contributed by atoms with van der Waals surface area (Å²) in [5.74, 6) is -0.655. The highest BCUT2D eigenvalue weighted by atomic mass is 35.5. The van der Waals surface area contributed by atoms with Crippen LogP contribution >= 0.6 is 11.6 Å². The first-order valence-corrected chi connectivity index (χ1v) is 5.43. The van der Waals surface area contributed by atoms with Gasteiger partial charge in [0.05, 0.1) is 13.0 Å². The van der Waals surface area contributed by atoms with E-state index in [1.807, 2.05) is 0 Å². The van der Waals surface area contributed by atoms with E-state index in [0.717, 1.165) is 5.01 Å². The van der Waals surface area contributed by atoms with E-state index in [9.17, 15) is 18.0 Å². The molecule has 0 unspecified atom stereocenters. The largest absolute Gasteiger partial charge is 0.431 e. The second-order valence-electron chi connectivity index (χ2n) is 3.80. The topological polar surface area (TPSA) is 32.7 Å². The average Bonchev–Trinajstić information content (AvgIpc) is 2.63. The predicted molar refractivity (Wildman–Crippen MR) is 60.1 cm³/mol. The number of amides is 1. The molecule has 1 amide bonds. The molecule has 2 rings (SSSR count). The highest BCUT2D eigenvalue weighted by Gasteiger charge is 2.42. The summed E-state index contributed by atoms with van der Waals surface area (Å²) in [6.45, 7) is 0.00951. The summed E-state index contributed by atoms with van der Waals surface area (Å²) in [5.41, 5.74) is -0.388. The number of carbonyl (C=O) groups excluding carboxylic acids is 1. The first kappa shape index (κ1) is 12.9. The van der Waals surface area contributed by atoms with E-state index < -0.39 is 24.2 Å². The standard InChI is InChI=1S/C11H8ClF3N2O/c12-8-3-1-7(2-4-8)6-17-10(18)5-9(16-17)11(13,14)15/h1-4H,5-6H2. The van der Waals surface area contributed by atoms with Crippen molar-refractivity contribution in [1.82, 2.24) is 5.01 Å². The third-order valence-corrected chi connectivity index (χ3v) is 2.67. The maximum absolute atomic E-state index is 12.4. The quantitative estimate of drug-likeness (QED) is 0.817. The van der Waals surface area contributed by atoms with Crippen molar-refractivity contribution in [3.63, 3.8) is 0 Å². The first-order chi connectivity index (χ1) is 8.36. The van der Waals surface area contributed by atoms with Crippen molar-refractivity contribution in [2.45, 2.75) is 19.1 Å². The molecule has 1 heterocycles. The minimum absolute atomic E-state index is 0.00951. The summed E-state index contributed by atoms with van der Waals surface area (Å²) >= 11 is 5.68. The fourth-order valence-corrected chi connectivity index (χ4v) is 1.64. The average molecular weight is 277 g/mol. The Morgan fingerprint density at radius 3 is 2.39 bits per heavy atom. The molecule has 96 valence electrons. The molecular formula is C11H8ClF3N2O. The summed E-state index contributed by atoms with van der Waals surface area (Å²) in [5, 5.41) is 4.65. The molecule has 0 radical (unpaired) electrons. The zero-order valence-electron chi connectivity index (χ0n) is 9.04. The van der Waals surface area contributed by atoms with E-state index in [4.69, 9.17) is 11.6 Å². The molecule has 0 spiro atoms. The van der Waals surface area contributed by atoms with Crippen LogP contribution in [0.15, 0.2) is 29.4 Å². The zero-order chi connectivity index (χ0) is 13.3. The summed E-state index contributed by atoms with van der Waals surface area (Å²) in [4.78, 5) is 11.4. The SMILES string of the molecule is O=C1CC(C(F)(F)F)=NN1Cc1ccc(Cl)cc1. The number of rotatable bonds is 2.